The van der Waals surface area contributed by atoms with Gasteiger partial charge in [-0.3, -0.25) is 14.4 Å². The number of rotatable bonds is 7. The minimum absolute atomic E-state index is 0.00707. The second-order valence-electron chi connectivity index (χ2n) is 13.8. The summed E-state index contributed by atoms with van der Waals surface area (Å²) in [7, 11) is 0. The van der Waals surface area contributed by atoms with E-state index >= 15 is 0 Å². The molecule has 0 radical (unpaired) electrons. The van der Waals surface area contributed by atoms with Crippen LogP contribution in [0.5, 0.6) is 0 Å². The van der Waals surface area contributed by atoms with Gasteiger partial charge in [0.2, 0.25) is 0 Å². The summed E-state index contributed by atoms with van der Waals surface area (Å²) in [6.07, 6.45) is 4.33. The van der Waals surface area contributed by atoms with Gasteiger partial charge in [0.25, 0.3) is 11.8 Å². The second-order valence-corrected chi connectivity index (χ2v) is 14.8. The zero-order valence-electron chi connectivity index (χ0n) is 28.3. The molecule has 51 heavy (non-hydrogen) atoms. The summed E-state index contributed by atoms with van der Waals surface area (Å²) in [6, 6.07) is 25.1. The molecule has 0 saturated carbocycles. The Morgan fingerprint density at radius 2 is 1.75 bits per heavy atom. The summed E-state index contributed by atoms with van der Waals surface area (Å²) in [4.78, 5) is 50.7. The molecule has 0 bridgehead atoms. The van der Waals surface area contributed by atoms with E-state index in [9.17, 15) is 18.8 Å². The number of nitrogens with one attached hydrogen (secondary N) is 1. The molecule has 5 heterocycles. The maximum Gasteiger partial charge on any atom is 0.259 e. The van der Waals surface area contributed by atoms with Gasteiger partial charge in [0.1, 0.15) is 11.6 Å². The highest BCUT2D eigenvalue weighted by atomic mass is 32.1. The van der Waals surface area contributed by atoms with Gasteiger partial charge in [0.15, 0.2) is 5.78 Å². The van der Waals surface area contributed by atoms with Crippen molar-refractivity contribution in [1.29, 1.82) is 0 Å². The van der Waals surface area contributed by atoms with Gasteiger partial charge in [0, 0.05) is 72.6 Å². The Kier molecular flexibility index (Phi) is 8.73. The van der Waals surface area contributed by atoms with E-state index in [-0.39, 0.29) is 35.3 Å². The van der Waals surface area contributed by atoms with Crippen molar-refractivity contribution in [2.24, 2.45) is 5.41 Å². The van der Waals surface area contributed by atoms with E-state index in [0.29, 0.717) is 46.0 Å². The van der Waals surface area contributed by atoms with Crippen molar-refractivity contribution in [2.75, 3.05) is 48.0 Å². The highest BCUT2D eigenvalue weighted by molar-refractivity contribution is 7.17. The maximum absolute atomic E-state index is 14.5. The SMILES string of the molecule is Cc1ccc(CC(=O)c2cc3c(s2)-c2ccccc2N(C(=O)c2ccc(NC(=O)c4cccnc4N4CC5(CCOCC5)C4)cc2)CC3)c(F)c1. The molecule has 3 aromatic carbocycles. The van der Waals surface area contributed by atoms with Crippen LogP contribution in [0, 0.1) is 18.2 Å². The number of thiophene rings is 1. The van der Waals surface area contributed by atoms with Crippen LogP contribution in [0.2, 0.25) is 0 Å². The van der Waals surface area contributed by atoms with E-state index in [1.54, 1.807) is 53.6 Å². The van der Waals surface area contributed by atoms with Crippen molar-refractivity contribution in [3.8, 4) is 10.4 Å². The Hall–Kier alpha value is -5.19. The number of ether oxygens (including phenoxy) is 1. The summed E-state index contributed by atoms with van der Waals surface area (Å²) in [5.41, 5.74) is 5.67. The molecule has 1 spiro atoms. The number of hydrogen-bond acceptors (Lipinski definition) is 7. The smallest absolute Gasteiger partial charge is 0.259 e. The Morgan fingerprint density at radius 3 is 2.53 bits per heavy atom. The predicted molar refractivity (Wildman–Crippen MR) is 198 cm³/mol. The number of carbonyl (C=O) groups is 3. The third-order valence-electron chi connectivity index (χ3n) is 10.3. The number of nitrogens with zero attached hydrogens (tertiary/aromatic N) is 3. The Morgan fingerprint density at radius 1 is 0.961 bits per heavy atom. The lowest BCUT2D eigenvalue weighted by atomic mass is 9.73. The molecule has 2 amide bonds. The molecular weight excluding hydrogens is 664 g/mol. The lowest BCUT2D eigenvalue weighted by molar-refractivity contribution is -0.000510. The summed E-state index contributed by atoms with van der Waals surface area (Å²) >= 11 is 1.39. The number of carbonyl (C=O) groups excluding carboxylic acids is 3. The number of aryl methyl sites for hydroxylation is 1. The van der Waals surface area contributed by atoms with Crippen molar-refractivity contribution in [2.45, 2.75) is 32.6 Å². The maximum atomic E-state index is 14.5. The van der Waals surface area contributed by atoms with Crippen LogP contribution in [-0.4, -0.2) is 55.4 Å². The lowest BCUT2D eigenvalue weighted by Crippen LogP contribution is -2.59. The van der Waals surface area contributed by atoms with Gasteiger partial charge in [-0.1, -0.05) is 30.3 Å². The van der Waals surface area contributed by atoms with E-state index in [1.165, 1.54) is 17.4 Å². The number of pyridine rings is 1. The van der Waals surface area contributed by atoms with Gasteiger partial charge in [-0.05, 0) is 97.5 Å². The van der Waals surface area contributed by atoms with Crippen molar-refractivity contribution < 1.29 is 23.5 Å². The third kappa shape index (κ3) is 6.45. The summed E-state index contributed by atoms with van der Waals surface area (Å²) in [5.74, 6) is -0.221. The molecule has 2 aromatic heterocycles. The number of ketones is 1. The molecule has 0 unspecified atom stereocenters. The van der Waals surface area contributed by atoms with Crippen LogP contribution in [0.1, 0.15) is 59.9 Å². The van der Waals surface area contributed by atoms with Crippen molar-refractivity contribution >= 4 is 46.1 Å². The molecule has 2 saturated heterocycles. The summed E-state index contributed by atoms with van der Waals surface area (Å²) in [6.45, 7) is 5.54. The number of halogens is 1. The van der Waals surface area contributed by atoms with E-state index < -0.39 is 0 Å². The predicted octanol–water partition coefficient (Wildman–Crippen LogP) is 7.76. The van der Waals surface area contributed by atoms with E-state index in [1.807, 2.05) is 43.3 Å². The van der Waals surface area contributed by atoms with Crippen molar-refractivity contribution in [3.63, 3.8) is 0 Å². The number of fused-ring (bicyclic) bond motifs is 3. The van der Waals surface area contributed by atoms with E-state index in [4.69, 9.17) is 4.74 Å². The molecule has 0 aliphatic carbocycles. The van der Waals surface area contributed by atoms with Gasteiger partial charge in [-0.2, -0.15) is 0 Å². The molecule has 2 fully saturated rings. The molecule has 5 aromatic rings. The highest BCUT2D eigenvalue weighted by Gasteiger charge is 2.45. The number of Topliss-reactive ketones (excluding diaryl/α,β-unsaturated/α-hetero) is 1. The van der Waals surface area contributed by atoms with Crippen LogP contribution in [0.4, 0.5) is 21.6 Å². The van der Waals surface area contributed by atoms with Crippen LogP contribution in [0.3, 0.4) is 0 Å². The standard InChI is InChI=1S/C41H37FN4O4S/c1-26-8-9-28(33(42)21-26)22-35(47)36-23-29-14-18-46(34-7-3-2-5-31(34)37(29)51-36)40(49)27-10-12-30(13-11-27)44-39(48)32-6-4-17-43-38(32)45-24-41(25-45)15-19-50-20-16-41/h2-13,17,21,23H,14-16,18-20,22,24-25H2,1H3,(H,44,48). The lowest BCUT2D eigenvalue weighted by Gasteiger charge is -2.53. The number of hydrogen-bond donors (Lipinski definition) is 1. The van der Waals surface area contributed by atoms with Crippen LogP contribution >= 0.6 is 11.3 Å². The number of amides is 2. The molecule has 1 N–H and O–H groups in total. The summed E-state index contributed by atoms with van der Waals surface area (Å²) in [5, 5.41) is 2.99. The number of para-hydroxylation sites is 1. The number of aromatic nitrogens is 1. The molecule has 8 nitrogen and oxygen atoms in total. The number of anilines is 3. The highest BCUT2D eigenvalue weighted by Crippen LogP contribution is 2.43. The molecule has 10 heteroatoms. The first-order valence-corrected chi connectivity index (χ1v) is 18.1. The molecule has 0 atom stereocenters. The van der Waals surface area contributed by atoms with Crippen molar-refractivity contribution in [3.05, 3.63) is 130 Å². The first kappa shape index (κ1) is 33.0. The van der Waals surface area contributed by atoms with Gasteiger partial charge in [-0.25, -0.2) is 9.37 Å². The van der Waals surface area contributed by atoms with Gasteiger partial charge in [0.05, 0.1) is 16.1 Å². The quantitative estimate of drug-likeness (QED) is 0.175. The van der Waals surface area contributed by atoms with Gasteiger partial charge < -0.3 is 19.9 Å². The first-order valence-electron chi connectivity index (χ1n) is 17.3. The largest absolute Gasteiger partial charge is 0.381 e. The molecule has 3 aliphatic rings. The van der Waals surface area contributed by atoms with Crippen LogP contribution in [0.15, 0.2) is 91.1 Å². The van der Waals surface area contributed by atoms with E-state index in [0.717, 1.165) is 66.4 Å². The Labute approximate surface area is 299 Å². The number of benzene rings is 3. The Bertz CT molecular complexity index is 2150. The zero-order chi connectivity index (χ0) is 35.1. The molecular formula is C41H37FN4O4S. The fourth-order valence-electron chi connectivity index (χ4n) is 7.41. The van der Waals surface area contributed by atoms with Crippen molar-refractivity contribution in [1.82, 2.24) is 4.98 Å². The fourth-order valence-corrected chi connectivity index (χ4v) is 8.59. The topological polar surface area (TPSA) is 91.8 Å². The van der Waals surface area contributed by atoms with Gasteiger partial charge >= 0.3 is 0 Å². The molecule has 3 aliphatic heterocycles. The van der Waals surface area contributed by atoms with Crippen LogP contribution < -0.4 is 15.1 Å². The zero-order valence-corrected chi connectivity index (χ0v) is 29.1. The minimum Gasteiger partial charge on any atom is -0.381 e. The molecule has 8 rings (SSSR count). The second kappa shape index (κ2) is 13.5. The van der Waals surface area contributed by atoms with E-state index in [2.05, 4.69) is 15.2 Å². The average molecular weight is 701 g/mol. The monoisotopic (exact) mass is 700 g/mol. The van der Waals surface area contributed by atoms with Crippen LogP contribution in [-0.2, 0) is 17.6 Å². The van der Waals surface area contributed by atoms with Gasteiger partial charge in [-0.15, -0.1) is 11.3 Å². The normalized spacial score (nSPS) is 16.1. The summed E-state index contributed by atoms with van der Waals surface area (Å²) < 4.78 is 20.1. The van der Waals surface area contributed by atoms with Crippen LogP contribution in [0.25, 0.3) is 10.4 Å². The average Bonchev–Trinajstić information content (AvgIpc) is 3.50. The third-order valence-corrected chi connectivity index (χ3v) is 11.5. The first-order chi connectivity index (χ1) is 24.8. The molecule has 258 valence electrons. The Balaban J connectivity index is 0.964. The minimum atomic E-state index is -0.371. The fraction of sp³-hybridized carbons (Fsp3) is 0.268.